The third kappa shape index (κ3) is 5.68. The molecule has 37 heavy (non-hydrogen) atoms. The van der Waals surface area contributed by atoms with Crippen molar-refractivity contribution in [2.45, 2.75) is 6.61 Å². The molecular weight excluding hydrogens is 567 g/mol. The highest BCUT2D eigenvalue weighted by atomic mass is 79.9. The fourth-order valence-corrected chi connectivity index (χ4v) is 4.44. The Morgan fingerprint density at radius 2 is 1.92 bits per heavy atom. The summed E-state index contributed by atoms with van der Waals surface area (Å²) in [6, 6.07) is 14.8. The van der Waals surface area contributed by atoms with Crippen LogP contribution in [-0.4, -0.2) is 35.1 Å². The molecule has 0 aromatic heterocycles. The molecule has 0 unspecified atom stereocenters. The Morgan fingerprint density at radius 1 is 1.16 bits per heavy atom. The van der Waals surface area contributed by atoms with Gasteiger partial charge in [0.15, 0.2) is 16.6 Å². The van der Waals surface area contributed by atoms with Crippen LogP contribution in [0, 0.1) is 5.82 Å². The zero-order chi connectivity index (χ0) is 26.7. The van der Waals surface area contributed by atoms with Gasteiger partial charge in [0.05, 0.1) is 22.8 Å². The van der Waals surface area contributed by atoms with E-state index < -0.39 is 17.8 Å². The lowest BCUT2D eigenvalue weighted by Crippen LogP contribution is -2.54. The van der Waals surface area contributed by atoms with Crippen molar-refractivity contribution in [1.82, 2.24) is 5.32 Å². The number of ether oxygens (including phenoxy) is 2. The number of carboxylic acids is 1. The number of thiocarbonyl (C=S) groups is 1. The number of anilines is 1. The number of hydrogen-bond donors (Lipinski definition) is 2. The second kappa shape index (κ2) is 10.9. The molecule has 4 rings (SSSR count). The second-order valence-electron chi connectivity index (χ2n) is 7.77. The van der Waals surface area contributed by atoms with Gasteiger partial charge in [0.1, 0.15) is 18.0 Å². The average molecular weight is 585 g/mol. The van der Waals surface area contributed by atoms with Crippen LogP contribution in [-0.2, 0) is 16.2 Å². The summed E-state index contributed by atoms with van der Waals surface area (Å²) < 4.78 is 25.2. The average Bonchev–Trinajstić information content (AvgIpc) is 2.85. The SMILES string of the molecule is COc1cc(C=C2C(=O)NC(=S)N(c3cccc(C(=O)O)c3)C2=O)cc(Br)c1OCc1cccc(F)c1. The van der Waals surface area contributed by atoms with Gasteiger partial charge in [0.2, 0.25) is 0 Å². The van der Waals surface area contributed by atoms with E-state index in [9.17, 15) is 23.9 Å². The molecule has 0 atom stereocenters. The monoisotopic (exact) mass is 584 g/mol. The Labute approximate surface area is 224 Å². The van der Waals surface area contributed by atoms with Gasteiger partial charge < -0.3 is 14.6 Å². The maximum absolute atomic E-state index is 13.5. The van der Waals surface area contributed by atoms with Crippen molar-refractivity contribution < 1.29 is 33.4 Å². The van der Waals surface area contributed by atoms with Crippen molar-refractivity contribution >= 4 is 62.8 Å². The van der Waals surface area contributed by atoms with E-state index in [2.05, 4.69) is 21.2 Å². The van der Waals surface area contributed by atoms with Crippen LogP contribution in [0.3, 0.4) is 0 Å². The van der Waals surface area contributed by atoms with E-state index in [1.54, 1.807) is 24.3 Å². The number of aromatic carboxylic acids is 1. The van der Waals surface area contributed by atoms with Crippen molar-refractivity contribution in [2.75, 3.05) is 12.0 Å². The smallest absolute Gasteiger partial charge is 0.335 e. The molecule has 8 nitrogen and oxygen atoms in total. The summed E-state index contributed by atoms with van der Waals surface area (Å²) in [4.78, 5) is 38.4. The summed E-state index contributed by atoms with van der Waals surface area (Å²) >= 11 is 8.60. The first-order valence-corrected chi connectivity index (χ1v) is 11.9. The first-order valence-electron chi connectivity index (χ1n) is 10.7. The van der Waals surface area contributed by atoms with E-state index in [1.807, 2.05) is 0 Å². The standard InChI is InChI=1S/C26H18BrFN2O6S/c1-35-21-11-15(10-20(27)22(21)36-13-14-4-2-6-17(28)8-14)9-19-23(31)29-26(37)30(24(19)32)18-7-3-5-16(12-18)25(33)34/h2-12H,13H2,1H3,(H,33,34)(H,29,31,37). The zero-order valence-electron chi connectivity index (χ0n) is 19.2. The van der Waals surface area contributed by atoms with Crippen LogP contribution in [0.2, 0.25) is 0 Å². The summed E-state index contributed by atoms with van der Waals surface area (Å²) in [5.74, 6) is -2.33. The first kappa shape index (κ1) is 26.0. The highest BCUT2D eigenvalue weighted by Crippen LogP contribution is 2.38. The van der Waals surface area contributed by atoms with Gasteiger partial charge in [0.25, 0.3) is 11.8 Å². The van der Waals surface area contributed by atoms with E-state index in [4.69, 9.17) is 21.7 Å². The van der Waals surface area contributed by atoms with Crippen molar-refractivity contribution in [3.05, 3.63) is 93.2 Å². The van der Waals surface area contributed by atoms with Gasteiger partial charge in [-0.3, -0.25) is 19.8 Å². The van der Waals surface area contributed by atoms with Crippen LogP contribution in [0.25, 0.3) is 6.08 Å². The Kier molecular flexibility index (Phi) is 7.65. The van der Waals surface area contributed by atoms with Gasteiger partial charge in [-0.2, -0.15) is 0 Å². The van der Waals surface area contributed by atoms with Gasteiger partial charge >= 0.3 is 5.97 Å². The summed E-state index contributed by atoms with van der Waals surface area (Å²) in [5.41, 5.74) is 0.982. The van der Waals surface area contributed by atoms with Crippen LogP contribution < -0.4 is 19.7 Å². The number of amides is 2. The zero-order valence-corrected chi connectivity index (χ0v) is 21.6. The van der Waals surface area contributed by atoms with E-state index >= 15 is 0 Å². The minimum Gasteiger partial charge on any atom is -0.493 e. The van der Waals surface area contributed by atoms with Crippen molar-refractivity contribution in [2.24, 2.45) is 0 Å². The highest BCUT2D eigenvalue weighted by molar-refractivity contribution is 9.10. The Bertz CT molecular complexity index is 1480. The second-order valence-corrected chi connectivity index (χ2v) is 9.01. The quantitative estimate of drug-likeness (QED) is 0.235. The van der Waals surface area contributed by atoms with E-state index in [0.717, 1.165) is 4.90 Å². The minimum atomic E-state index is -1.17. The van der Waals surface area contributed by atoms with Crippen molar-refractivity contribution in [3.63, 3.8) is 0 Å². The molecule has 0 saturated carbocycles. The maximum atomic E-state index is 13.5. The van der Waals surface area contributed by atoms with Crippen LogP contribution in [0.4, 0.5) is 10.1 Å². The number of rotatable bonds is 7. The third-order valence-electron chi connectivity index (χ3n) is 5.29. The number of halogens is 2. The fraction of sp³-hybridized carbons (Fsp3) is 0.0769. The lowest BCUT2D eigenvalue weighted by molar-refractivity contribution is -0.122. The first-order chi connectivity index (χ1) is 17.7. The maximum Gasteiger partial charge on any atom is 0.335 e. The molecule has 2 amide bonds. The lowest BCUT2D eigenvalue weighted by Gasteiger charge is -2.29. The number of carbonyl (C=O) groups is 3. The summed E-state index contributed by atoms with van der Waals surface area (Å²) in [6.45, 7) is 0.0792. The Morgan fingerprint density at radius 3 is 2.62 bits per heavy atom. The van der Waals surface area contributed by atoms with Gasteiger partial charge in [-0.05, 0) is 87.8 Å². The van der Waals surface area contributed by atoms with Crippen molar-refractivity contribution in [3.8, 4) is 11.5 Å². The van der Waals surface area contributed by atoms with Gasteiger partial charge in [-0.15, -0.1) is 0 Å². The molecule has 1 fully saturated rings. The van der Waals surface area contributed by atoms with E-state index in [0.29, 0.717) is 27.1 Å². The highest BCUT2D eigenvalue weighted by Gasteiger charge is 2.34. The Hall–Kier alpha value is -4.09. The topological polar surface area (TPSA) is 105 Å². The number of nitrogens with one attached hydrogen (secondary N) is 1. The Balaban J connectivity index is 1.65. The molecule has 0 radical (unpaired) electrons. The van der Waals surface area contributed by atoms with Gasteiger partial charge in [-0.25, -0.2) is 9.18 Å². The summed E-state index contributed by atoms with van der Waals surface area (Å²) in [7, 11) is 1.43. The summed E-state index contributed by atoms with van der Waals surface area (Å²) in [6.07, 6.45) is 1.36. The molecule has 0 aliphatic carbocycles. The van der Waals surface area contributed by atoms with Crippen LogP contribution in [0.15, 0.2) is 70.7 Å². The molecule has 3 aromatic rings. The number of nitrogens with zero attached hydrogens (tertiary/aromatic N) is 1. The van der Waals surface area contributed by atoms with Crippen molar-refractivity contribution in [1.29, 1.82) is 0 Å². The molecule has 11 heteroatoms. The molecule has 0 spiro atoms. The molecule has 1 heterocycles. The molecule has 1 aliphatic rings. The molecular formula is C26H18BrFN2O6S. The number of methoxy groups -OCH3 is 1. The largest absolute Gasteiger partial charge is 0.493 e. The lowest BCUT2D eigenvalue weighted by atomic mass is 10.1. The van der Waals surface area contributed by atoms with Crippen LogP contribution in [0.5, 0.6) is 11.5 Å². The molecule has 1 aliphatic heterocycles. The fourth-order valence-electron chi connectivity index (χ4n) is 3.58. The number of hydrogen-bond acceptors (Lipinski definition) is 6. The van der Waals surface area contributed by atoms with E-state index in [1.165, 1.54) is 49.6 Å². The van der Waals surface area contributed by atoms with Gasteiger partial charge in [-0.1, -0.05) is 18.2 Å². The molecule has 188 valence electrons. The predicted molar refractivity (Wildman–Crippen MR) is 141 cm³/mol. The molecule has 0 bridgehead atoms. The molecule has 1 saturated heterocycles. The number of carboxylic acid groups (broad SMARTS) is 1. The normalized spacial score (nSPS) is 14.5. The number of benzene rings is 3. The van der Waals surface area contributed by atoms with Crippen LogP contribution in [0.1, 0.15) is 21.5 Å². The van der Waals surface area contributed by atoms with Crippen LogP contribution >= 0.6 is 28.1 Å². The molecule has 3 aromatic carbocycles. The predicted octanol–water partition coefficient (Wildman–Crippen LogP) is 4.71. The van der Waals surface area contributed by atoms with E-state index in [-0.39, 0.29) is 34.4 Å². The molecule has 2 N–H and O–H groups in total. The minimum absolute atomic E-state index is 0.0435. The number of carbonyl (C=O) groups excluding carboxylic acids is 2. The van der Waals surface area contributed by atoms with Gasteiger partial charge in [0, 0.05) is 0 Å². The third-order valence-corrected chi connectivity index (χ3v) is 6.16. The summed E-state index contributed by atoms with van der Waals surface area (Å²) in [5, 5.41) is 11.6.